The summed E-state index contributed by atoms with van der Waals surface area (Å²) in [6.07, 6.45) is -0.706. The summed E-state index contributed by atoms with van der Waals surface area (Å²) < 4.78 is 26.4. The number of thiophene rings is 1. The predicted octanol–water partition coefficient (Wildman–Crippen LogP) is 2.23. The second-order valence-electron chi connectivity index (χ2n) is 5.57. The van der Waals surface area contributed by atoms with Crippen LogP contribution in [0.15, 0.2) is 4.79 Å². The number of H-pyrrole nitrogens is 1. The van der Waals surface area contributed by atoms with E-state index in [1.807, 2.05) is 13.8 Å². The maximum Gasteiger partial charge on any atom is 0.259 e. The fourth-order valence-electron chi connectivity index (χ4n) is 2.85. The molecule has 0 unspecified atom stereocenters. The Kier molecular flexibility index (Phi) is 2.78. The number of hydrogen-bond donors (Lipinski definition) is 2. The van der Waals surface area contributed by atoms with Gasteiger partial charge in [-0.15, -0.1) is 11.3 Å². The van der Waals surface area contributed by atoms with Gasteiger partial charge in [-0.25, -0.2) is 13.8 Å². The molecule has 0 spiro atoms. The molecule has 0 aliphatic heterocycles. The fraction of sp³-hybridized carbons (Fsp3) is 0.538. The number of aryl methyl sites for hydroxylation is 2. The Morgan fingerprint density at radius 2 is 2.05 bits per heavy atom. The highest BCUT2D eigenvalue weighted by molar-refractivity contribution is 7.18. The molecule has 1 aliphatic carbocycles. The molecule has 0 atom stereocenters. The van der Waals surface area contributed by atoms with Crippen LogP contribution in [-0.4, -0.2) is 22.4 Å². The number of rotatable bonds is 2. The molecule has 1 aliphatic rings. The van der Waals surface area contributed by atoms with Crippen LogP contribution in [0.1, 0.15) is 29.1 Å². The van der Waals surface area contributed by atoms with Crippen molar-refractivity contribution in [1.82, 2.24) is 9.97 Å². The number of nitrogens with zero attached hydrogens (tertiary/aromatic N) is 1. The zero-order valence-corrected chi connectivity index (χ0v) is 12.0. The van der Waals surface area contributed by atoms with Gasteiger partial charge < -0.3 is 10.7 Å². The molecule has 7 heteroatoms. The van der Waals surface area contributed by atoms with Crippen LogP contribution < -0.4 is 11.3 Å². The van der Waals surface area contributed by atoms with Crippen molar-refractivity contribution in [3.63, 3.8) is 0 Å². The van der Waals surface area contributed by atoms with Crippen molar-refractivity contribution in [2.45, 2.75) is 38.0 Å². The third-order valence-corrected chi connectivity index (χ3v) is 5.23. The van der Waals surface area contributed by atoms with Crippen LogP contribution in [0, 0.1) is 13.8 Å². The maximum absolute atomic E-state index is 13.2. The molecule has 0 bridgehead atoms. The molecule has 4 nitrogen and oxygen atoms in total. The smallest absolute Gasteiger partial charge is 0.259 e. The lowest BCUT2D eigenvalue weighted by Crippen LogP contribution is -2.55. The SMILES string of the molecule is Cc1sc2nc(C3(CN)CC(F)(F)C3)[nH]c(=O)c2c1C. The second-order valence-corrected chi connectivity index (χ2v) is 6.78. The number of aromatic nitrogens is 2. The zero-order chi connectivity index (χ0) is 14.7. The molecule has 2 heterocycles. The number of hydrogen-bond acceptors (Lipinski definition) is 4. The van der Waals surface area contributed by atoms with Crippen molar-refractivity contribution in [2.75, 3.05) is 6.54 Å². The van der Waals surface area contributed by atoms with Gasteiger partial charge in [-0.2, -0.15) is 0 Å². The molecule has 0 radical (unpaired) electrons. The molecule has 3 N–H and O–H groups in total. The maximum atomic E-state index is 13.2. The van der Waals surface area contributed by atoms with Crippen LogP contribution in [0.2, 0.25) is 0 Å². The lowest BCUT2D eigenvalue weighted by atomic mass is 9.65. The molecule has 0 amide bonds. The van der Waals surface area contributed by atoms with Crippen molar-refractivity contribution in [3.05, 3.63) is 26.6 Å². The summed E-state index contributed by atoms with van der Waals surface area (Å²) in [7, 11) is 0. The topological polar surface area (TPSA) is 71.8 Å². The van der Waals surface area contributed by atoms with E-state index in [4.69, 9.17) is 5.73 Å². The first-order valence-corrected chi connectivity index (χ1v) is 7.18. The van der Waals surface area contributed by atoms with Crippen LogP contribution in [-0.2, 0) is 5.41 Å². The normalized spacial score (nSPS) is 20.1. The van der Waals surface area contributed by atoms with Gasteiger partial charge in [0.15, 0.2) is 0 Å². The molecular formula is C13H15F2N3OS. The van der Waals surface area contributed by atoms with E-state index in [1.165, 1.54) is 11.3 Å². The quantitative estimate of drug-likeness (QED) is 0.893. The first-order valence-electron chi connectivity index (χ1n) is 6.36. The summed E-state index contributed by atoms with van der Waals surface area (Å²) in [5.41, 5.74) is 5.38. The molecule has 108 valence electrons. The number of nitrogens with two attached hydrogens (primary N) is 1. The Labute approximate surface area is 118 Å². The van der Waals surface area contributed by atoms with Crippen molar-refractivity contribution in [1.29, 1.82) is 0 Å². The van der Waals surface area contributed by atoms with Crippen molar-refractivity contribution < 1.29 is 8.78 Å². The van der Waals surface area contributed by atoms with Gasteiger partial charge in [-0.1, -0.05) is 0 Å². The van der Waals surface area contributed by atoms with Gasteiger partial charge in [0.1, 0.15) is 10.7 Å². The molecule has 2 aromatic heterocycles. The van der Waals surface area contributed by atoms with Gasteiger partial charge in [0.25, 0.3) is 5.56 Å². The van der Waals surface area contributed by atoms with Crippen LogP contribution in [0.4, 0.5) is 8.78 Å². The lowest BCUT2D eigenvalue weighted by molar-refractivity contribution is -0.126. The summed E-state index contributed by atoms with van der Waals surface area (Å²) in [6, 6.07) is 0. The minimum Gasteiger partial charge on any atom is -0.329 e. The minimum atomic E-state index is -2.71. The van der Waals surface area contributed by atoms with E-state index >= 15 is 0 Å². The summed E-state index contributed by atoms with van der Waals surface area (Å²) in [6.45, 7) is 3.83. The molecule has 0 aromatic carbocycles. The number of aromatic amines is 1. The molecule has 1 fully saturated rings. The first-order chi connectivity index (χ1) is 9.28. The Hall–Kier alpha value is -1.34. The van der Waals surface area contributed by atoms with Crippen LogP contribution in [0.5, 0.6) is 0 Å². The first kappa shape index (κ1) is 13.6. The monoisotopic (exact) mass is 299 g/mol. The van der Waals surface area contributed by atoms with Crippen LogP contribution in [0.3, 0.4) is 0 Å². The average Bonchev–Trinajstić information content (AvgIpc) is 2.61. The van der Waals surface area contributed by atoms with E-state index in [-0.39, 0.29) is 24.9 Å². The van der Waals surface area contributed by atoms with Gasteiger partial charge in [0.2, 0.25) is 5.92 Å². The molecule has 3 rings (SSSR count). The van der Waals surface area contributed by atoms with Crippen LogP contribution >= 0.6 is 11.3 Å². The van der Waals surface area contributed by atoms with Gasteiger partial charge in [-0.3, -0.25) is 4.79 Å². The summed E-state index contributed by atoms with van der Waals surface area (Å²) in [5.74, 6) is -2.42. The van der Waals surface area contributed by atoms with E-state index in [1.54, 1.807) is 0 Å². The number of alkyl halides is 2. The van der Waals surface area contributed by atoms with Crippen LogP contribution in [0.25, 0.3) is 10.2 Å². The third kappa shape index (κ3) is 1.80. The highest BCUT2D eigenvalue weighted by Crippen LogP contribution is 2.51. The van der Waals surface area contributed by atoms with E-state index in [0.29, 0.717) is 16.0 Å². The van der Waals surface area contributed by atoms with Gasteiger partial charge in [0.05, 0.1) is 10.8 Å². The van der Waals surface area contributed by atoms with E-state index in [9.17, 15) is 13.6 Å². The molecule has 2 aromatic rings. The summed E-state index contributed by atoms with van der Waals surface area (Å²) in [4.78, 5) is 20.8. The summed E-state index contributed by atoms with van der Waals surface area (Å²) >= 11 is 1.41. The standard InChI is InChI=1S/C13H15F2N3OS/c1-6-7(2)20-10-8(6)9(19)17-11(18-10)12(5-16)3-13(14,15)4-12/h3-5,16H2,1-2H3,(H,17,18,19). The average molecular weight is 299 g/mol. The van der Waals surface area contributed by atoms with Crippen molar-refractivity contribution in [2.24, 2.45) is 5.73 Å². The Morgan fingerprint density at radius 3 is 2.60 bits per heavy atom. The van der Waals surface area contributed by atoms with Crippen molar-refractivity contribution in [3.8, 4) is 0 Å². The third-order valence-electron chi connectivity index (χ3n) is 4.13. The van der Waals surface area contributed by atoms with Crippen molar-refractivity contribution >= 4 is 21.6 Å². The Balaban J connectivity index is 2.17. The van der Waals surface area contributed by atoms with Gasteiger partial charge in [-0.05, 0) is 19.4 Å². The fourth-order valence-corrected chi connectivity index (χ4v) is 3.88. The summed E-state index contributed by atoms with van der Waals surface area (Å²) in [5, 5.41) is 0.550. The van der Waals surface area contributed by atoms with E-state index in [2.05, 4.69) is 9.97 Å². The molecule has 0 saturated heterocycles. The van der Waals surface area contributed by atoms with Gasteiger partial charge >= 0.3 is 0 Å². The minimum absolute atomic E-state index is 0.0559. The lowest BCUT2D eigenvalue weighted by Gasteiger charge is -2.45. The Bertz CT molecular complexity index is 742. The van der Waals surface area contributed by atoms with E-state index in [0.717, 1.165) is 10.4 Å². The molecular weight excluding hydrogens is 284 g/mol. The van der Waals surface area contributed by atoms with E-state index < -0.39 is 11.3 Å². The molecule has 1 saturated carbocycles. The highest BCUT2D eigenvalue weighted by Gasteiger charge is 2.58. The number of halogens is 2. The predicted molar refractivity (Wildman–Crippen MR) is 74.6 cm³/mol. The Morgan fingerprint density at radius 1 is 1.40 bits per heavy atom. The highest BCUT2D eigenvalue weighted by atomic mass is 32.1. The molecule has 20 heavy (non-hydrogen) atoms. The number of fused-ring (bicyclic) bond motifs is 1. The second kappa shape index (κ2) is 4.08. The zero-order valence-electron chi connectivity index (χ0n) is 11.2. The number of nitrogens with one attached hydrogen (secondary N) is 1. The van der Waals surface area contributed by atoms with Gasteiger partial charge in [0, 0.05) is 24.3 Å². The largest absolute Gasteiger partial charge is 0.329 e.